The minimum absolute atomic E-state index is 0.00510. The van der Waals surface area contributed by atoms with Gasteiger partial charge in [0.05, 0.1) is 6.61 Å². The van der Waals surface area contributed by atoms with Crippen LogP contribution in [0.5, 0.6) is 0 Å². The van der Waals surface area contributed by atoms with Crippen molar-refractivity contribution in [2.24, 2.45) is 0 Å². The van der Waals surface area contributed by atoms with Crippen molar-refractivity contribution < 1.29 is 19.1 Å². The fourth-order valence-corrected chi connectivity index (χ4v) is 3.45. The van der Waals surface area contributed by atoms with Crippen LogP contribution in [0, 0.1) is 0 Å². The lowest BCUT2D eigenvalue weighted by Crippen LogP contribution is -2.49. The SMILES string of the molecule is CCCCCCOC(=O)CN1CCCCC(N2CCCC2=O)C1=O. The highest BCUT2D eigenvalue weighted by Gasteiger charge is 2.36. The van der Waals surface area contributed by atoms with Gasteiger partial charge in [-0.3, -0.25) is 14.4 Å². The largest absolute Gasteiger partial charge is 0.464 e. The lowest BCUT2D eigenvalue weighted by molar-refractivity contribution is -0.151. The third kappa shape index (κ3) is 5.21. The minimum Gasteiger partial charge on any atom is -0.464 e. The molecule has 0 aromatic rings. The number of likely N-dealkylation sites (tertiary alicyclic amines) is 2. The van der Waals surface area contributed by atoms with E-state index in [-0.39, 0.29) is 30.4 Å². The molecule has 1 atom stereocenters. The number of unbranched alkanes of at least 4 members (excludes halogenated alkanes) is 3. The highest BCUT2D eigenvalue weighted by atomic mass is 16.5. The van der Waals surface area contributed by atoms with Gasteiger partial charge in [0.15, 0.2) is 0 Å². The molecule has 2 aliphatic heterocycles. The van der Waals surface area contributed by atoms with E-state index in [1.807, 2.05) is 0 Å². The zero-order valence-corrected chi connectivity index (χ0v) is 14.8. The number of ether oxygens (including phenoxy) is 1. The van der Waals surface area contributed by atoms with Crippen molar-refractivity contribution in [2.75, 3.05) is 26.2 Å². The predicted molar refractivity (Wildman–Crippen MR) is 90.3 cm³/mol. The molecule has 0 aromatic heterocycles. The van der Waals surface area contributed by atoms with E-state index in [9.17, 15) is 14.4 Å². The normalized spacial score (nSPS) is 22.0. The van der Waals surface area contributed by atoms with Gasteiger partial charge < -0.3 is 14.5 Å². The zero-order chi connectivity index (χ0) is 17.4. The average molecular weight is 338 g/mol. The van der Waals surface area contributed by atoms with Crippen LogP contribution in [0.4, 0.5) is 0 Å². The summed E-state index contributed by atoms with van der Waals surface area (Å²) in [5, 5.41) is 0. The third-order valence-corrected chi connectivity index (χ3v) is 4.82. The summed E-state index contributed by atoms with van der Waals surface area (Å²) >= 11 is 0. The van der Waals surface area contributed by atoms with Crippen LogP contribution in [0.1, 0.15) is 64.7 Å². The standard InChI is InChI=1S/C18H30N2O4/c1-2-3-4-7-13-24-17(22)14-19-11-6-5-9-15(18(19)23)20-12-8-10-16(20)21/h15H,2-14H2,1H3. The van der Waals surface area contributed by atoms with Crippen LogP contribution in [0.15, 0.2) is 0 Å². The molecule has 2 fully saturated rings. The van der Waals surface area contributed by atoms with Gasteiger partial charge in [-0.25, -0.2) is 0 Å². The maximum absolute atomic E-state index is 12.8. The summed E-state index contributed by atoms with van der Waals surface area (Å²) in [4.78, 5) is 40.0. The fraction of sp³-hybridized carbons (Fsp3) is 0.833. The summed E-state index contributed by atoms with van der Waals surface area (Å²) in [7, 11) is 0. The number of nitrogens with zero attached hydrogens (tertiary/aromatic N) is 2. The van der Waals surface area contributed by atoms with Crippen LogP contribution in [0.25, 0.3) is 0 Å². The molecule has 0 bridgehead atoms. The van der Waals surface area contributed by atoms with Crippen molar-refractivity contribution in [3.05, 3.63) is 0 Å². The van der Waals surface area contributed by atoms with Crippen molar-refractivity contribution in [3.8, 4) is 0 Å². The summed E-state index contributed by atoms with van der Waals surface area (Å²) < 4.78 is 5.25. The first-order chi connectivity index (χ1) is 11.6. The molecule has 0 N–H and O–H groups in total. The molecule has 2 heterocycles. The summed E-state index contributed by atoms with van der Waals surface area (Å²) in [5.74, 6) is -0.368. The molecule has 24 heavy (non-hydrogen) atoms. The number of hydrogen-bond donors (Lipinski definition) is 0. The Morgan fingerprint density at radius 3 is 2.67 bits per heavy atom. The first-order valence-corrected chi connectivity index (χ1v) is 9.37. The van der Waals surface area contributed by atoms with Gasteiger partial charge in [-0.2, -0.15) is 0 Å². The Bertz CT molecular complexity index is 452. The second-order valence-electron chi connectivity index (χ2n) is 6.74. The van der Waals surface area contributed by atoms with E-state index in [1.54, 1.807) is 9.80 Å². The van der Waals surface area contributed by atoms with Crippen molar-refractivity contribution in [2.45, 2.75) is 70.8 Å². The second kappa shape index (κ2) is 9.64. The number of amides is 2. The Labute approximate surface area is 144 Å². The molecule has 2 saturated heterocycles. The highest BCUT2D eigenvalue weighted by Crippen LogP contribution is 2.22. The number of rotatable bonds is 8. The maximum Gasteiger partial charge on any atom is 0.325 e. The van der Waals surface area contributed by atoms with Gasteiger partial charge in [0, 0.05) is 19.5 Å². The average Bonchev–Trinajstić information content (AvgIpc) is 2.90. The topological polar surface area (TPSA) is 66.9 Å². The molecule has 6 heteroatoms. The van der Waals surface area contributed by atoms with E-state index >= 15 is 0 Å². The summed E-state index contributed by atoms with van der Waals surface area (Å²) in [6.07, 6.45) is 8.06. The van der Waals surface area contributed by atoms with E-state index < -0.39 is 0 Å². The van der Waals surface area contributed by atoms with E-state index in [2.05, 4.69) is 6.92 Å². The lowest BCUT2D eigenvalue weighted by atomic mass is 10.1. The van der Waals surface area contributed by atoms with Gasteiger partial charge in [-0.05, 0) is 32.1 Å². The molecule has 2 rings (SSSR count). The molecule has 0 aliphatic carbocycles. The van der Waals surface area contributed by atoms with Gasteiger partial charge in [0.1, 0.15) is 12.6 Å². The molecule has 1 unspecified atom stereocenters. The smallest absolute Gasteiger partial charge is 0.325 e. The molecule has 0 aromatic carbocycles. The quantitative estimate of drug-likeness (QED) is 0.502. The lowest BCUT2D eigenvalue weighted by Gasteiger charge is -2.29. The molecule has 2 amide bonds. The van der Waals surface area contributed by atoms with Crippen LogP contribution < -0.4 is 0 Å². The molecule has 136 valence electrons. The van der Waals surface area contributed by atoms with Crippen LogP contribution in [-0.2, 0) is 19.1 Å². The summed E-state index contributed by atoms with van der Waals surface area (Å²) in [5.41, 5.74) is 0. The number of carbonyl (C=O) groups is 3. The van der Waals surface area contributed by atoms with Gasteiger partial charge in [-0.15, -0.1) is 0 Å². The molecule has 0 saturated carbocycles. The van der Waals surface area contributed by atoms with Crippen molar-refractivity contribution >= 4 is 17.8 Å². The van der Waals surface area contributed by atoms with Gasteiger partial charge in [-0.1, -0.05) is 26.2 Å². The Hall–Kier alpha value is -1.59. The first-order valence-electron chi connectivity index (χ1n) is 9.37. The number of esters is 1. The Kier molecular flexibility index (Phi) is 7.53. The fourth-order valence-electron chi connectivity index (χ4n) is 3.45. The van der Waals surface area contributed by atoms with E-state index in [1.165, 1.54) is 0 Å². The third-order valence-electron chi connectivity index (χ3n) is 4.82. The van der Waals surface area contributed by atoms with Crippen LogP contribution >= 0.6 is 0 Å². The highest BCUT2D eigenvalue weighted by molar-refractivity contribution is 5.90. The van der Waals surface area contributed by atoms with Crippen LogP contribution in [0.3, 0.4) is 0 Å². The van der Waals surface area contributed by atoms with Crippen molar-refractivity contribution in [3.63, 3.8) is 0 Å². The Morgan fingerprint density at radius 1 is 1.12 bits per heavy atom. The molecule has 6 nitrogen and oxygen atoms in total. The monoisotopic (exact) mass is 338 g/mol. The molecule has 0 spiro atoms. The predicted octanol–water partition coefficient (Wildman–Crippen LogP) is 2.11. The molecule has 0 radical (unpaired) electrons. The van der Waals surface area contributed by atoms with Crippen molar-refractivity contribution in [1.82, 2.24) is 9.80 Å². The van der Waals surface area contributed by atoms with Crippen molar-refractivity contribution in [1.29, 1.82) is 0 Å². The van der Waals surface area contributed by atoms with Gasteiger partial charge in [0.25, 0.3) is 0 Å². The number of hydrogen-bond acceptors (Lipinski definition) is 4. The maximum atomic E-state index is 12.8. The first kappa shape index (κ1) is 18.7. The summed E-state index contributed by atoms with van der Waals surface area (Å²) in [6.45, 7) is 3.80. The molecule has 2 aliphatic rings. The van der Waals surface area contributed by atoms with Crippen LogP contribution in [0.2, 0.25) is 0 Å². The van der Waals surface area contributed by atoms with E-state index in [0.717, 1.165) is 44.9 Å². The van der Waals surface area contributed by atoms with Gasteiger partial charge >= 0.3 is 5.97 Å². The number of carbonyl (C=O) groups excluding carboxylic acids is 3. The zero-order valence-electron chi connectivity index (χ0n) is 14.8. The molecular weight excluding hydrogens is 308 g/mol. The molecular formula is C18H30N2O4. The van der Waals surface area contributed by atoms with E-state index in [4.69, 9.17) is 4.74 Å². The minimum atomic E-state index is -0.389. The second-order valence-corrected chi connectivity index (χ2v) is 6.74. The van der Waals surface area contributed by atoms with Gasteiger partial charge in [0.2, 0.25) is 11.8 Å². The van der Waals surface area contributed by atoms with E-state index in [0.29, 0.717) is 32.5 Å². The van der Waals surface area contributed by atoms with Crippen LogP contribution in [-0.4, -0.2) is 59.9 Å². The Balaban J connectivity index is 1.83. The Morgan fingerprint density at radius 2 is 1.96 bits per heavy atom. The summed E-state index contributed by atoms with van der Waals surface area (Å²) in [6, 6.07) is -0.389.